The minimum atomic E-state index is -5.09. The van der Waals surface area contributed by atoms with E-state index in [9.17, 15) is 26.3 Å². The Bertz CT molecular complexity index is 871. The average molecular weight is 460 g/mol. The van der Waals surface area contributed by atoms with Gasteiger partial charge in [-0.25, -0.2) is 4.39 Å². The molecule has 8 heteroatoms. The van der Waals surface area contributed by atoms with Gasteiger partial charge in [-0.3, -0.25) is 0 Å². The Morgan fingerprint density at radius 2 is 1.53 bits per heavy atom. The lowest BCUT2D eigenvalue weighted by Crippen LogP contribution is -2.22. The first-order valence-electron chi connectivity index (χ1n) is 10.8. The second-order valence-corrected chi connectivity index (χ2v) is 8.24. The lowest BCUT2D eigenvalue weighted by molar-refractivity contribution is -0.275. The van der Waals surface area contributed by atoms with Crippen LogP contribution in [0.25, 0.3) is 0 Å². The SMILES string of the molecule is CCCC[C@H]1CC[C@H](c2ccc(C(F)(F)Oc3ccc(OC(F)(F)F)c(F)c3)cc2)CC1. The third kappa shape index (κ3) is 6.56. The van der Waals surface area contributed by atoms with Gasteiger partial charge in [-0.1, -0.05) is 38.3 Å². The van der Waals surface area contributed by atoms with Gasteiger partial charge in [-0.2, -0.15) is 8.78 Å². The molecule has 1 aliphatic rings. The van der Waals surface area contributed by atoms with Crippen LogP contribution in [0.5, 0.6) is 11.5 Å². The molecule has 2 aromatic rings. The van der Waals surface area contributed by atoms with Crippen molar-refractivity contribution in [3.8, 4) is 11.5 Å². The van der Waals surface area contributed by atoms with Crippen LogP contribution in [0.2, 0.25) is 0 Å². The third-order valence-electron chi connectivity index (χ3n) is 5.91. The van der Waals surface area contributed by atoms with Crippen molar-refractivity contribution >= 4 is 0 Å². The first kappa shape index (κ1) is 24.3. The number of rotatable bonds is 8. The highest BCUT2D eigenvalue weighted by Gasteiger charge is 2.36. The molecule has 0 radical (unpaired) electrons. The molecule has 32 heavy (non-hydrogen) atoms. The average Bonchev–Trinajstić information content (AvgIpc) is 2.74. The van der Waals surface area contributed by atoms with Gasteiger partial charge in [-0.15, -0.1) is 13.2 Å². The summed E-state index contributed by atoms with van der Waals surface area (Å²) in [7, 11) is 0. The summed E-state index contributed by atoms with van der Waals surface area (Å²) in [6.07, 6.45) is -0.847. The summed E-state index contributed by atoms with van der Waals surface area (Å²) in [5.74, 6) is -2.11. The molecule has 2 aromatic carbocycles. The molecule has 176 valence electrons. The number of benzene rings is 2. The van der Waals surface area contributed by atoms with Gasteiger partial charge in [-0.05, 0) is 67.3 Å². The van der Waals surface area contributed by atoms with Gasteiger partial charge in [0.25, 0.3) is 0 Å². The van der Waals surface area contributed by atoms with E-state index in [-0.39, 0.29) is 0 Å². The van der Waals surface area contributed by atoms with E-state index in [2.05, 4.69) is 16.4 Å². The zero-order chi connectivity index (χ0) is 23.4. The highest BCUT2D eigenvalue weighted by Crippen LogP contribution is 2.39. The van der Waals surface area contributed by atoms with Crippen molar-refractivity contribution in [2.24, 2.45) is 5.92 Å². The number of hydrogen-bond acceptors (Lipinski definition) is 2. The molecule has 3 rings (SSSR count). The fourth-order valence-corrected chi connectivity index (χ4v) is 4.19. The quantitative estimate of drug-likeness (QED) is 0.369. The highest BCUT2D eigenvalue weighted by atomic mass is 19.4. The molecule has 0 heterocycles. The summed E-state index contributed by atoms with van der Waals surface area (Å²) in [5, 5.41) is 0. The molecule has 0 N–H and O–H groups in total. The monoisotopic (exact) mass is 460 g/mol. The number of hydrogen-bond donors (Lipinski definition) is 0. The van der Waals surface area contributed by atoms with Crippen LogP contribution in [0.3, 0.4) is 0 Å². The predicted octanol–water partition coefficient (Wildman–Crippen LogP) is 8.32. The van der Waals surface area contributed by atoms with Crippen molar-refractivity contribution in [1.29, 1.82) is 0 Å². The minimum absolute atomic E-state index is 0.340. The Morgan fingerprint density at radius 1 is 0.875 bits per heavy atom. The summed E-state index contributed by atoms with van der Waals surface area (Å²) in [5.41, 5.74) is 0.576. The Kier molecular flexibility index (Phi) is 7.62. The van der Waals surface area contributed by atoms with Gasteiger partial charge in [0.1, 0.15) is 5.75 Å². The zero-order valence-electron chi connectivity index (χ0n) is 17.7. The molecule has 0 aliphatic heterocycles. The van der Waals surface area contributed by atoms with Gasteiger partial charge < -0.3 is 9.47 Å². The van der Waals surface area contributed by atoms with Gasteiger partial charge in [0.15, 0.2) is 11.6 Å². The summed E-state index contributed by atoms with van der Waals surface area (Å²) in [6, 6.07) is 7.68. The van der Waals surface area contributed by atoms with Gasteiger partial charge in [0, 0.05) is 6.07 Å². The van der Waals surface area contributed by atoms with Crippen molar-refractivity contribution in [2.45, 2.75) is 70.3 Å². The number of alkyl halides is 5. The van der Waals surface area contributed by atoms with Crippen LogP contribution in [0, 0.1) is 11.7 Å². The van der Waals surface area contributed by atoms with Crippen molar-refractivity contribution < 1.29 is 35.8 Å². The summed E-state index contributed by atoms with van der Waals surface area (Å²) >= 11 is 0. The molecule has 1 aliphatic carbocycles. The van der Waals surface area contributed by atoms with E-state index < -0.39 is 35.4 Å². The molecule has 0 unspecified atom stereocenters. The molecule has 0 amide bonds. The fourth-order valence-electron chi connectivity index (χ4n) is 4.19. The van der Waals surface area contributed by atoms with Crippen LogP contribution in [-0.2, 0) is 6.11 Å². The Hall–Kier alpha value is -2.38. The van der Waals surface area contributed by atoms with E-state index in [1.54, 1.807) is 12.1 Å². The Labute approximate surface area is 183 Å². The first-order chi connectivity index (χ1) is 15.1. The van der Waals surface area contributed by atoms with Crippen LogP contribution in [0.1, 0.15) is 68.9 Å². The normalized spacial score (nSPS) is 19.6. The van der Waals surface area contributed by atoms with E-state index in [1.165, 1.54) is 31.4 Å². The third-order valence-corrected chi connectivity index (χ3v) is 5.91. The molecule has 0 saturated heterocycles. The summed E-state index contributed by atoms with van der Waals surface area (Å²) in [4.78, 5) is 0. The maximum Gasteiger partial charge on any atom is 0.573 e. The van der Waals surface area contributed by atoms with E-state index in [0.717, 1.165) is 43.2 Å². The van der Waals surface area contributed by atoms with Gasteiger partial charge >= 0.3 is 12.5 Å². The van der Waals surface area contributed by atoms with Crippen LogP contribution in [0.4, 0.5) is 26.3 Å². The number of halogens is 6. The van der Waals surface area contributed by atoms with E-state index in [0.29, 0.717) is 18.1 Å². The van der Waals surface area contributed by atoms with E-state index >= 15 is 0 Å². The second-order valence-electron chi connectivity index (χ2n) is 8.24. The molecule has 2 nitrogen and oxygen atoms in total. The van der Waals surface area contributed by atoms with Crippen molar-refractivity contribution in [2.75, 3.05) is 0 Å². The highest BCUT2D eigenvalue weighted by molar-refractivity contribution is 5.34. The second kappa shape index (κ2) is 10.0. The number of unbranched alkanes of at least 4 members (excludes halogenated alkanes) is 1. The molecular formula is C24H26F6O2. The lowest BCUT2D eigenvalue weighted by atomic mass is 9.77. The molecular weight excluding hydrogens is 434 g/mol. The molecule has 1 fully saturated rings. The summed E-state index contributed by atoms with van der Waals surface area (Å²) < 4.78 is 87.5. The van der Waals surface area contributed by atoms with Gasteiger partial charge in [0.05, 0.1) is 5.56 Å². The van der Waals surface area contributed by atoms with Gasteiger partial charge in [0.2, 0.25) is 0 Å². The van der Waals surface area contributed by atoms with Crippen LogP contribution in [0.15, 0.2) is 42.5 Å². The standard InChI is InChI=1S/C24H26F6O2/c1-2-3-4-16-5-7-17(8-6-16)18-9-11-19(12-10-18)23(26,27)31-20-13-14-22(21(25)15-20)32-24(28,29)30/h9-17H,2-8H2,1H3/t16-,17-. The van der Waals surface area contributed by atoms with E-state index in [1.807, 2.05) is 0 Å². The minimum Gasteiger partial charge on any atom is -0.429 e. The maximum atomic E-state index is 14.5. The summed E-state index contributed by atoms with van der Waals surface area (Å²) in [6.45, 7) is 2.18. The lowest BCUT2D eigenvalue weighted by Gasteiger charge is -2.29. The zero-order valence-corrected chi connectivity index (χ0v) is 17.7. The molecule has 0 bridgehead atoms. The fraction of sp³-hybridized carbons (Fsp3) is 0.500. The Balaban J connectivity index is 1.62. The number of ether oxygens (including phenoxy) is 2. The van der Waals surface area contributed by atoms with Crippen LogP contribution < -0.4 is 9.47 Å². The van der Waals surface area contributed by atoms with Crippen LogP contribution in [-0.4, -0.2) is 6.36 Å². The largest absolute Gasteiger partial charge is 0.573 e. The van der Waals surface area contributed by atoms with Crippen molar-refractivity contribution in [3.05, 3.63) is 59.4 Å². The first-order valence-corrected chi connectivity index (χ1v) is 10.8. The molecule has 0 aromatic heterocycles. The predicted molar refractivity (Wildman–Crippen MR) is 108 cm³/mol. The maximum absolute atomic E-state index is 14.5. The molecule has 1 saturated carbocycles. The smallest absolute Gasteiger partial charge is 0.429 e. The molecule has 0 spiro atoms. The van der Waals surface area contributed by atoms with E-state index in [4.69, 9.17) is 0 Å². The van der Waals surface area contributed by atoms with Crippen molar-refractivity contribution in [3.63, 3.8) is 0 Å². The van der Waals surface area contributed by atoms with Crippen LogP contribution >= 0.6 is 0 Å². The topological polar surface area (TPSA) is 18.5 Å². The molecule has 0 atom stereocenters. The van der Waals surface area contributed by atoms with Crippen molar-refractivity contribution in [1.82, 2.24) is 0 Å². The Morgan fingerprint density at radius 3 is 2.09 bits per heavy atom.